The summed E-state index contributed by atoms with van der Waals surface area (Å²) in [6.07, 6.45) is 4.42. The number of rotatable bonds is 6. The smallest absolute Gasteiger partial charge is 0.127 e. The molecule has 2 rings (SSSR count). The van der Waals surface area contributed by atoms with E-state index in [2.05, 4.69) is 16.8 Å². The normalized spacial score (nSPS) is 14.1. The third-order valence-electron chi connectivity index (χ3n) is 3.76. The number of benzene rings is 1. The summed E-state index contributed by atoms with van der Waals surface area (Å²) in [5, 5.41) is 0. The summed E-state index contributed by atoms with van der Waals surface area (Å²) in [4.78, 5) is 6.26. The summed E-state index contributed by atoms with van der Waals surface area (Å²) in [5.41, 5.74) is 8.02. The van der Waals surface area contributed by atoms with Gasteiger partial charge in [0, 0.05) is 30.5 Å². The van der Waals surface area contributed by atoms with Crippen molar-refractivity contribution >= 4 is 0 Å². The van der Waals surface area contributed by atoms with Crippen LogP contribution in [-0.4, -0.2) is 23.0 Å². The Morgan fingerprint density at radius 3 is 2.62 bits per heavy atom. The number of aromatic nitrogens is 1. The van der Waals surface area contributed by atoms with Gasteiger partial charge in [-0.3, -0.25) is 9.88 Å². The predicted molar refractivity (Wildman–Crippen MR) is 83.1 cm³/mol. The molecule has 0 saturated heterocycles. The Bertz CT molecular complexity index is 559. The summed E-state index contributed by atoms with van der Waals surface area (Å²) >= 11 is 0. The fraction of sp³-hybridized carbons (Fsp3) is 0.353. The zero-order chi connectivity index (χ0) is 15.2. The monoisotopic (exact) mass is 287 g/mol. The highest BCUT2D eigenvalue weighted by Gasteiger charge is 2.23. The molecule has 1 aromatic carbocycles. The Morgan fingerprint density at radius 1 is 1.24 bits per heavy atom. The Labute approximate surface area is 125 Å². The van der Waals surface area contributed by atoms with E-state index in [-0.39, 0.29) is 17.9 Å². The van der Waals surface area contributed by atoms with Crippen molar-refractivity contribution in [2.75, 3.05) is 7.05 Å². The van der Waals surface area contributed by atoms with Gasteiger partial charge in [0.1, 0.15) is 5.82 Å². The molecule has 1 aromatic heterocycles. The summed E-state index contributed by atoms with van der Waals surface area (Å²) in [7, 11) is 1.97. The first-order chi connectivity index (χ1) is 10.1. The van der Waals surface area contributed by atoms with Gasteiger partial charge < -0.3 is 5.73 Å². The Kier molecular flexibility index (Phi) is 5.42. The average molecular weight is 287 g/mol. The maximum Gasteiger partial charge on any atom is 0.127 e. The second-order valence-electron chi connectivity index (χ2n) is 5.31. The molecule has 0 aliphatic rings. The van der Waals surface area contributed by atoms with Gasteiger partial charge in [0.15, 0.2) is 0 Å². The zero-order valence-corrected chi connectivity index (χ0v) is 12.5. The van der Waals surface area contributed by atoms with Crippen LogP contribution in [0.25, 0.3) is 0 Å². The molecule has 0 bridgehead atoms. The van der Waals surface area contributed by atoms with Crippen LogP contribution in [-0.2, 0) is 6.54 Å². The van der Waals surface area contributed by atoms with Gasteiger partial charge in [0.2, 0.25) is 0 Å². The second kappa shape index (κ2) is 7.29. The van der Waals surface area contributed by atoms with Crippen molar-refractivity contribution in [1.29, 1.82) is 0 Å². The lowest BCUT2D eigenvalue weighted by Gasteiger charge is -2.32. The van der Waals surface area contributed by atoms with E-state index >= 15 is 0 Å². The molecule has 0 radical (unpaired) electrons. The highest BCUT2D eigenvalue weighted by atomic mass is 19.1. The molecule has 0 amide bonds. The van der Waals surface area contributed by atoms with Gasteiger partial charge >= 0.3 is 0 Å². The predicted octanol–water partition coefficient (Wildman–Crippen LogP) is 3.13. The van der Waals surface area contributed by atoms with Gasteiger partial charge in [0.25, 0.3) is 0 Å². The van der Waals surface area contributed by atoms with E-state index in [0.717, 1.165) is 12.0 Å². The molecule has 0 saturated carbocycles. The summed E-state index contributed by atoms with van der Waals surface area (Å²) in [6.45, 7) is 2.57. The second-order valence-corrected chi connectivity index (χ2v) is 5.31. The van der Waals surface area contributed by atoms with Crippen molar-refractivity contribution in [2.45, 2.75) is 32.0 Å². The number of hydrogen-bond acceptors (Lipinski definition) is 3. The summed E-state index contributed by atoms with van der Waals surface area (Å²) < 4.78 is 13.8. The molecule has 4 heteroatoms. The van der Waals surface area contributed by atoms with Crippen LogP contribution in [0.1, 0.15) is 30.5 Å². The molecular weight excluding hydrogens is 265 g/mol. The maximum atomic E-state index is 13.8. The lowest BCUT2D eigenvalue weighted by Crippen LogP contribution is -2.38. The minimum Gasteiger partial charge on any atom is -0.326 e. The van der Waals surface area contributed by atoms with Gasteiger partial charge in [-0.15, -0.1) is 0 Å². The topological polar surface area (TPSA) is 42.1 Å². The van der Waals surface area contributed by atoms with Crippen LogP contribution in [0.15, 0.2) is 48.8 Å². The molecule has 112 valence electrons. The molecule has 2 aromatic rings. The maximum absolute atomic E-state index is 13.8. The molecule has 0 aliphatic carbocycles. The van der Waals surface area contributed by atoms with Crippen LogP contribution in [0.5, 0.6) is 0 Å². The van der Waals surface area contributed by atoms with Crippen molar-refractivity contribution < 1.29 is 4.39 Å². The van der Waals surface area contributed by atoms with E-state index in [1.807, 2.05) is 37.5 Å². The molecule has 2 N–H and O–H groups in total. The molecule has 0 fully saturated rings. The average Bonchev–Trinajstić information content (AvgIpc) is 2.50. The SMILES string of the molecule is CCC(N)C(c1cccnc1)N(C)Cc1ccccc1F. The first-order valence-corrected chi connectivity index (χ1v) is 7.22. The third-order valence-corrected chi connectivity index (χ3v) is 3.76. The lowest BCUT2D eigenvalue weighted by molar-refractivity contribution is 0.199. The highest BCUT2D eigenvalue weighted by Crippen LogP contribution is 2.25. The van der Waals surface area contributed by atoms with Gasteiger partial charge in [-0.05, 0) is 31.2 Å². The van der Waals surface area contributed by atoms with Crippen molar-refractivity contribution in [1.82, 2.24) is 9.88 Å². The molecule has 0 spiro atoms. The highest BCUT2D eigenvalue weighted by molar-refractivity contribution is 5.20. The van der Waals surface area contributed by atoms with E-state index < -0.39 is 0 Å². The third kappa shape index (κ3) is 3.86. The van der Waals surface area contributed by atoms with E-state index in [1.165, 1.54) is 6.07 Å². The van der Waals surface area contributed by atoms with Crippen LogP contribution in [0.2, 0.25) is 0 Å². The largest absolute Gasteiger partial charge is 0.326 e. The van der Waals surface area contributed by atoms with E-state index in [4.69, 9.17) is 5.73 Å². The minimum atomic E-state index is -0.181. The number of pyridine rings is 1. The van der Waals surface area contributed by atoms with Crippen molar-refractivity contribution in [3.8, 4) is 0 Å². The first kappa shape index (κ1) is 15.6. The number of hydrogen-bond donors (Lipinski definition) is 1. The number of halogens is 1. The molecule has 21 heavy (non-hydrogen) atoms. The van der Waals surface area contributed by atoms with E-state index in [1.54, 1.807) is 12.3 Å². The number of nitrogens with two attached hydrogens (primary N) is 1. The fourth-order valence-corrected chi connectivity index (χ4v) is 2.60. The zero-order valence-electron chi connectivity index (χ0n) is 12.5. The first-order valence-electron chi connectivity index (χ1n) is 7.22. The lowest BCUT2D eigenvalue weighted by atomic mass is 9.97. The summed E-state index contributed by atoms with van der Waals surface area (Å²) in [5.74, 6) is -0.181. The van der Waals surface area contributed by atoms with Gasteiger partial charge in [-0.2, -0.15) is 0 Å². The van der Waals surface area contributed by atoms with Crippen molar-refractivity contribution in [3.05, 3.63) is 65.7 Å². The quantitative estimate of drug-likeness (QED) is 0.887. The van der Waals surface area contributed by atoms with E-state index in [9.17, 15) is 4.39 Å². The molecule has 2 unspecified atom stereocenters. The Morgan fingerprint density at radius 2 is 2.00 bits per heavy atom. The van der Waals surface area contributed by atoms with Gasteiger partial charge in [0.05, 0.1) is 6.04 Å². The molecule has 2 atom stereocenters. The molecule has 3 nitrogen and oxygen atoms in total. The van der Waals surface area contributed by atoms with E-state index in [0.29, 0.717) is 12.1 Å². The van der Waals surface area contributed by atoms with Crippen LogP contribution >= 0.6 is 0 Å². The van der Waals surface area contributed by atoms with Crippen LogP contribution in [0.3, 0.4) is 0 Å². The molecular formula is C17H22FN3. The standard InChI is InChI=1S/C17H22FN3/c1-3-16(19)17(13-8-6-10-20-11-13)21(2)12-14-7-4-5-9-15(14)18/h4-11,16-17H,3,12,19H2,1-2H3. The Hall–Kier alpha value is -1.78. The van der Waals surface area contributed by atoms with Crippen LogP contribution < -0.4 is 5.73 Å². The minimum absolute atomic E-state index is 0.0170. The number of nitrogens with zero attached hydrogens (tertiary/aromatic N) is 2. The molecule has 0 aliphatic heterocycles. The Balaban J connectivity index is 2.23. The fourth-order valence-electron chi connectivity index (χ4n) is 2.60. The number of likely N-dealkylation sites (N-methyl/N-ethyl adjacent to an activating group) is 1. The van der Waals surface area contributed by atoms with Crippen molar-refractivity contribution in [3.63, 3.8) is 0 Å². The van der Waals surface area contributed by atoms with Crippen molar-refractivity contribution in [2.24, 2.45) is 5.73 Å². The van der Waals surface area contributed by atoms with Crippen LogP contribution in [0, 0.1) is 5.82 Å². The molecule has 1 heterocycles. The van der Waals surface area contributed by atoms with Gasteiger partial charge in [-0.25, -0.2) is 4.39 Å². The summed E-state index contributed by atoms with van der Waals surface area (Å²) in [6, 6.07) is 10.8. The van der Waals surface area contributed by atoms with Crippen LogP contribution in [0.4, 0.5) is 4.39 Å². The van der Waals surface area contributed by atoms with Gasteiger partial charge in [-0.1, -0.05) is 31.2 Å².